The number of carbonyl (C=O) groups excluding carboxylic acids is 1. The lowest BCUT2D eigenvalue weighted by atomic mass is 9.88. The van der Waals surface area contributed by atoms with Crippen LogP contribution in [0.25, 0.3) is 0 Å². The van der Waals surface area contributed by atoms with E-state index in [4.69, 9.17) is 9.47 Å². The summed E-state index contributed by atoms with van der Waals surface area (Å²) in [4.78, 5) is 17.1. The average molecular weight is 338 g/mol. The van der Waals surface area contributed by atoms with Crippen LogP contribution in [0.4, 0.5) is 0 Å². The SMILES string of the molecule is CC1CCCCC1OCCN1CCCC(C(=O)N2CCOCC2)C1. The van der Waals surface area contributed by atoms with Gasteiger partial charge in [-0.25, -0.2) is 0 Å². The van der Waals surface area contributed by atoms with Gasteiger partial charge < -0.3 is 19.3 Å². The molecule has 3 rings (SSSR count). The highest BCUT2D eigenvalue weighted by Crippen LogP contribution is 2.26. The Kier molecular flexibility index (Phi) is 6.93. The van der Waals surface area contributed by atoms with E-state index in [0.717, 1.165) is 52.2 Å². The number of hydrogen-bond donors (Lipinski definition) is 0. The van der Waals surface area contributed by atoms with Crippen LogP contribution in [0.2, 0.25) is 0 Å². The van der Waals surface area contributed by atoms with Crippen molar-refractivity contribution in [3.63, 3.8) is 0 Å². The van der Waals surface area contributed by atoms with E-state index in [9.17, 15) is 4.79 Å². The highest BCUT2D eigenvalue weighted by atomic mass is 16.5. The molecule has 1 saturated carbocycles. The van der Waals surface area contributed by atoms with Gasteiger partial charge in [0.15, 0.2) is 0 Å². The number of amides is 1. The normalized spacial score (nSPS) is 32.7. The molecular formula is C19H34N2O3. The van der Waals surface area contributed by atoms with Gasteiger partial charge in [0.25, 0.3) is 0 Å². The molecule has 5 nitrogen and oxygen atoms in total. The van der Waals surface area contributed by atoms with Crippen LogP contribution in [-0.2, 0) is 14.3 Å². The molecule has 0 spiro atoms. The number of morpholine rings is 1. The zero-order valence-corrected chi connectivity index (χ0v) is 15.3. The molecule has 138 valence electrons. The number of carbonyl (C=O) groups is 1. The second kappa shape index (κ2) is 9.16. The number of likely N-dealkylation sites (tertiary alicyclic amines) is 1. The first kappa shape index (κ1) is 18.2. The van der Waals surface area contributed by atoms with Crippen LogP contribution in [0.1, 0.15) is 45.4 Å². The third kappa shape index (κ3) is 4.93. The fraction of sp³-hybridized carbons (Fsp3) is 0.947. The van der Waals surface area contributed by atoms with Crippen LogP contribution < -0.4 is 0 Å². The molecule has 0 bridgehead atoms. The molecule has 2 saturated heterocycles. The highest BCUT2D eigenvalue weighted by Gasteiger charge is 2.30. The Balaban J connectivity index is 1.39. The number of hydrogen-bond acceptors (Lipinski definition) is 4. The summed E-state index contributed by atoms with van der Waals surface area (Å²) >= 11 is 0. The first-order valence-electron chi connectivity index (χ1n) is 9.94. The molecule has 5 heteroatoms. The van der Waals surface area contributed by atoms with Crippen molar-refractivity contribution < 1.29 is 14.3 Å². The van der Waals surface area contributed by atoms with Gasteiger partial charge in [0.05, 0.1) is 31.8 Å². The summed E-state index contributed by atoms with van der Waals surface area (Å²) in [6.45, 7) is 9.02. The molecule has 0 aromatic heterocycles. The van der Waals surface area contributed by atoms with Crippen molar-refractivity contribution in [1.29, 1.82) is 0 Å². The van der Waals surface area contributed by atoms with Crippen molar-refractivity contribution in [3.05, 3.63) is 0 Å². The molecule has 1 amide bonds. The lowest BCUT2D eigenvalue weighted by molar-refractivity contribution is -0.141. The molecule has 2 heterocycles. The zero-order chi connectivity index (χ0) is 16.8. The van der Waals surface area contributed by atoms with Crippen LogP contribution in [0.5, 0.6) is 0 Å². The summed E-state index contributed by atoms with van der Waals surface area (Å²) in [7, 11) is 0. The minimum absolute atomic E-state index is 0.172. The molecule has 1 aliphatic carbocycles. The standard InChI is InChI=1S/C19H34N2O3/c1-16-5-2-3-7-18(16)24-14-9-20-8-4-6-17(15-20)19(22)21-10-12-23-13-11-21/h16-18H,2-15H2,1H3. The second-order valence-electron chi connectivity index (χ2n) is 7.75. The van der Waals surface area contributed by atoms with Gasteiger partial charge in [-0.15, -0.1) is 0 Å². The molecule has 3 unspecified atom stereocenters. The van der Waals surface area contributed by atoms with Crippen molar-refractivity contribution in [1.82, 2.24) is 9.80 Å². The summed E-state index contributed by atoms with van der Waals surface area (Å²) < 4.78 is 11.5. The zero-order valence-electron chi connectivity index (χ0n) is 15.3. The Labute approximate surface area is 146 Å². The van der Waals surface area contributed by atoms with E-state index in [0.29, 0.717) is 31.1 Å². The van der Waals surface area contributed by atoms with Crippen molar-refractivity contribution in [2.75, 3.05) is 52.5 Å². The molecular weight excluding hydrogens is 304 g/mol. The van der Waals surface area contributed by atoms with Crippen LogP contribution in [0.15, 0.2) is 0 Å². The summed E-state index contributed by atoms with van der Waals surface area (Å²) in [6.07, 6.45) is 7.82. The van der Waals surface area contributed by atoms with Crippen molar-refractivity contribution in [2.24, 2.45) is 11.8 Å². The number of piperidine rings is 1. The predicted molar refractivity (Wildman–Crippen MR) is 93.9 cm³/mol. The lowest BCUT2D eigenvalue weighted by Crippen LogP contribution is -2.48. The van der Waals surface area contributed by atoms with Crippen LogP contribution in [0.3, 0.4) is 0 Å². The monoisotopic (exact) mass is 338 g/mol. The van der Waals surface area contributed by atoms with Crippen molar-refractivity contribution in [2.45, 2.75) is 51.6 Å². The summed E-state index contributed by atoms with van der Waals surface area (Å²) in [5, 5.41) is 0. The van der Waals surface area contributed by atoms with E-state index in [1.54, 1.807) is 0 Å². The van der Waals surface area contributed by atoms with Gasteiger partial charge in [0, 0.05) is 26.2 Å². The Morgan fingerprint density at radius 1 is 1.08 bits per heavy atom. The molecule has 0 radical (unpaired) electrons. The Morgan fingerprint density at radius 3 is 2.67 bits per heavy atom. The first-order chi connectivity index (χ1) is 11.7. The smallest absolute Gasteiger partial charge is 0.227 e. The van der Waals surface area contributed by atoms with E-state index in [1.165, 1.54) is 25.7 Å². The second-order valence-corrected chi connectivity index (χ2v) is 7.75. The molecule has 0 N–H and O–H groups in total. The maximum Gasteiger partial charge on any atom is 0.227 e. The molecule has 2 aliphatic heterocycles. The van der Waals surface area contributed by atoms with Gasteiger partial charge in [-0.1, -0.05) is 19.8 Å². The molecule has 3 fully saturated rings. The van der Waals surface area contributed by atoms with Crippen molar-refractivity contribution >= 4 is 5.91 Å². The topological polar surface area (TPSA) is 42.0 Å². The Morgan fingerprint density at radius 2 is 1.88 bits per heavy atom. The van der Waals surface area contributed by atoms with E-state index >= 15 is 0 Å². The Bertz CT molecular complexity index is 398. The van der Waals surface area contributed by atoms with E-state index in [1.807, 2.05) is 4.90 Å². The minimum atomic E-state index is 0.172. The molecule has 24 heavy (non-hydrogen) atoms. The quantitative estimate of drug-likeness (QED) is 0.770. The first-order valence-corrected chi connectivity index (χ1v) is 9.94. The highest BCUT2D eigenvalue weighted by molar-refractivity contribution is 5.79. The average Bonchev–Trinajstić information content (AvgIpc) is 2.64. The van der Waals surface area contributed by atoms with Crippen LogP contribution in [0, 0.1) is 11.8 Å². The maximum absolute atomic E-state index is 12.7. The lowest BCUT2D eigenvalue weighted by Gasteiger charge is -2.36. The number of rotatable bonds is 5. The Hall–Kier alpha value is -0.650. The predicted octanol–water partition coefficient (Wildman–Crippen LogP) is 2.15. The number of ether oxygens (including phenoxy) is 2. The van der Waals surface area contributed by atoms with Gasteiger partial charge >= 0.3 is 0 Å². The third-order valence-electron chi connectivity index (χ3n) is 5.95. The number of nitrogens with zero attached hydrogens (tertiary/aromatic N) is 2. The molecule has 3 aliphatic rings. The fourth-order valence-electron chi connectivity index (χ4n) is 4.37. The van der Waals surface area contributed by atoms with Gasteiger partial charge in [0.1, 0.15) is 0 Å². The molecule has 3 atom stereocenters. The van der Waals surface area contributed by atoms with Gasteiger partial charge in [0.2, 0.25) is 5.91 Å². The van der Waals surface area contributed by atoms with Gasteiger partial charge in [-0.2, -0.15) is 0 Å². The summed E-state index contributed by atoms with van der Waals surface area (Å²) in [5.41, 5.74) is 0. The molecule has 0 aromatic carbocycles. The summed E-state index contributed by atoms with van der Waals surface area (Å²) in [6, 6.07) is 0. The van der Waals surface area contributed by atoms with Gasteiger partial charge in [-0.3, -0.25) is 4.79 Å². The van der Waals surface area contributed by atoms with Crippen LogP contribution in [-0.4, -0.2) is 74.4 Å². The fourth-order valence-corrected chi connectivity index (χ4v) is 4.37. The van der Waals surface area contributed by atoms with E-state index in [2.05, 4.69) is 11.8 Å². The maximum atomic E-state index is 12.7. The summed E-state index contributed by atoms with van der Waals surface area (Å²) in [5.74, 6) is 1.21. The molecule has 0 aromatic rings. The van der Waals surface area contributed by atoms with Gasteiger partial charge in [-0.05, 0) is 38.1 Å². The minimum Gasteiger partial charge on any atom is -0.378 e. The van der Waals surface area contributed by atoms with Crippen LogP contribution >= 0.6 is 0 Å². The largest absolute Gasteiger partial charge is 0.378 e. The van der Waals surface area contributed by atoms with E-state index in [-0.39, 0.29) is 5.92 Å². The van der Waals surface area contributed by atoms with Crippen molar-refractivity contribution in [3.8, 4) is 0 Å². The third-order valence-corrected chi connectivity index (χ3v) is 5.95. The van der Waals surface area contributed by atoms with E-state index < -0.39 is 0 Å².